The molecule has 0 saturated heterocycles. The van der Waals surface area contributed by atoms with E-state index in [9.17, 15) is 5.11 Å². The number of aromatic nitrogens is 3. The van der Waals surface area contributed by atoms with Gasteiger partial charge in [-0.25, -0.2) is 9.97 Å². The number of benzene rings is 1. The van der Waals surface area contributed by atoms with E-state index in [-0.39, 0.29) is 10.7 Å². The van der Waals surface area contributed by atoms with Crippen molar-refractivity contribution in [3.05, 3.63) is 47.9 Å². The summed E-state index contributed by atoms with van der Waals surface area (Å²) in [5.41, 5.74) is 8.82. The number of imidazole rings is 1. The SMILES string of the molecule is COc1cc(/C=C(\C(N)=S)c2nc3cccnc3n2C)ccc1O. The fraction of sp³-hybridized carbons (Fsp3) is 0.118. The zero-order valence-electron chi connectivity index (χ0n) is 13.2. The Morgan fingerprint density at radius 2 is 2.17 bits per heavy atom. The first-order valence-corrected chi connectivity index (χ1v) is 7.58. The Morgan fingerprint density at radius 1 is 1.38 bits per heavy atom. The van der Waals surface area contributed by atoms with Crippen LogP contribution in [0.5, 0.6) is 11.5 Å². The summed E-state index contributed by atoms with van der Waals surface area (Å²) >= 11 is 5.20. The minimum absolute atomic E-state index is 0.0680. The smallest absolute Gasteiger partial charge is 0.161 e. The number of pyridine rings is 1. The molecule has 0 spiro atoms. The molecule has 0 aliphatic heterocycles. The fourth-order valence-corrected chi connectivity index (χ4v) is 2.61. The van der Waals surface area contributed by atoms with E-state index in [1.165, 1.54) is 7.11 Å². The van der Waals surface area contributed by atoms with Gasteiger partial charge < -0.3 is 20.1 Å². The van der Waals surface area contributed by atoms with Crippen LogP contribution in [0.1, 0.15) is 11.4 Å². The summed E-state index contributed by atoms with van der Waals surface area (Å²) in [5.74, 6) is 1.07. The normalized spacial score (nSPS) is 11.7. The van der Waals surface area contributed by atoms with E-state index in [2.05, 4.69) is 9.97 Å². The number of aromatic hydroxyl groups is 1. The van der Waals surface area contributed by atoms with Gasteiger partial charge in [0.25, 0.3) is 0 Å². The third-order valence-electron chi connectivity index (χ3n) is 3.65. The molecular weight excluding hydrogens is 324 g/mol. The van der Waals surface area contributed by atoms with Crippen LogP contribution in [-0.2, 0) is 7.05 Å². The largest absolute Gasteiger partial charge is 0.504 e. The van der Waals surface area contributed by atoms with Crippen LogP contribution in [0.15, 0.2) is 36.5 Å². The lowest BCUT2D eigenvalue weighted by Crippen LogP contribution is -2.13. The summed E-state index contributed by atoms with van der Waals surface area (Å²) in [6.07, 6.45) is 3.52. The summed E-state index contributed by atoms with van der Waals surface area (Å²) in [6, 6.07) is 8.71. The van der Waals surface area contributed by atoms with Crippen molar-refractivity contribution in [2.75, 3.05) is 7.11 Å². The number of nitrogens with zero attached hydrogens (tertiary/aromatic N) is 3. The molecule has 0 bridgehead atoms. The van der Waals surface area contributed by atoms with Crippen LogP contribution < -0.4 is 10.5 Å². The maximum Gasteiger partial charge on any atom is 0.161 e. The van der Waals surface area contributed by atoms with Crippen LogP contribution in [0.3, 0.4) is 0 Å². The molecule has 0 unspecified atom stereocenters. The number of hydrogen-bond donors (Lipinski definition) is 2. The first kappa shape index (κ1) is 15.9. The maximum absolute atomic E-state index is 9.71. The van der Waals surface area contributed by atoms with Crippen LogP contribution in [0, 0.1) is 0 Å². The van der Waals surface area contributed by atoms with E-state index in [1.807, 2.05) is 29.8 Å². The molecule has 2 heterocycles. The van der Waals surface area contributed by atoms with Crippen LogP contribution >= 0.6 is 12.2 Å². The number of thiocarbonyl (C=S) groups is 1. The molecule has 1 aromatic carbocycles. The molecule has 0 amide bonds. The Labute approximate surface area is 144 Å². The van der Waals surface area contributed by atoms with E-state index in [4.69, 9.17) is 22.7 Å². The van der Waals surface area contributed by atoms with Crippen molar-refractivity contribution in [3.8, 4) is 11.5 Å². The van der Waals surface area contributed by atoms with Gasteiger partial charge in [0.1, 0.15) is 16.3 Å². The standard InChI is InChI=1S/C17H16N4O2S/c1-21-16(20-12-4-3-7-19-17(12)21)11(15(18)24)8-10-5-6-13(22)14(9-10)23-2/h3-9,22H,1-2H3,(H2,18,24)/b11-8+. The first-order chi connectivity index (χ1) is 11.5. The predicted molar refractivity (Wildman–Crippen MR) is 97.8 cm³/mol. The molecule has 7 heteroatoms. The summed E-state index contributed by atoms with van der Waals surface area (Å²) < 4.78 is 6.98. The third-order valence-corrected chi connectivity index (χ3v) is 3.87. The second-order valence-electron chi connectivity index (χ2n) is 5.19. The zero-order valence-corrected chi connectivity index (χ0v) is 14.0. The molecule has 6 nitrogen and oxygen atoms in total. The second-order valence-corrected chi connectivity index (χ2v) is 5.63. The molecule has 2 aromatic heterocycles. The molecule has 0 saturated carbocycles. The van der Waals surface area contributed by atoms with Gasteiger partial charge >= 0.3 is 0 Å². The van der Waals surface area contributed by atoms with Gasteiger partial charge in [-0.15, -0.1) is 0 Å². The molecule has 24 heavy (non-hydrogen) atoms. The van der Waals surface area contributed by atoms with Gasteiger partial charge in [0, 0.05) is 13.2 Å². The quantitative estimate of drug-likeness (QED) is 0.561. The number of rotatable bonds is 4. The molecule has 3 aromatic rings. The Bertz CT molecular complexity index is 962. The van der Waals surface area contributed by atoms with E-state index < -0.39 is 0 Å². The van der Waals surface area contributed by atoms with Crippen molar-refractivity contribution < 1.29 is 9.84 Å². The minimum Gasteiger partial charge on any atom is -0.504 e. The van der Waals surface area contributed by atoms with E-state index in [0.717, 1.165) is 16.7 Å². The van der Waals surface area contributed by atoms with Crippen molar-refractivity contribution in [1.29, 1.82) is 0 Å². The predicted octanol–water partition coefficient (Wildman–Crippen LogP) is 2.51. The molecule has 122 valence electrons. The topological polar surface area (TPSA) is 86.2 Å². The number of hydrogen-bond acceptors (Lipinski definition) is 5. The average molecular weight is 340 g/mol. The number of nitrogens with two attached hydrogens (primary N) is 1. The molecule has 3 rings (SSSR count). The Morgan fingerprint density at radius 3 is 2.83 bits per heavy atom. The van der Waals surface area contributed by atoms with Gasteiger partial charge in [0.05, 0.1) is 12.7 Å². The number of methoxy groups -OCH3 is 1. The summed E-state index contributed by atoms with van der Waals surface area (Å²) in [7, 11) is 3.36. The molecule has 0 fully saturated rings. The first-order valence-electron chi connectivity index (χ1n) is 7.17. The fourth-order valence-electron chi connectivity index (χ4n) is 2.46. The highest BCUT2D eigenvalue weighted by Gasteiger charge is 2.15. The summed E-state index contributed by atoms with van der Waals surface area (Å²) in [5, 5.41) is 9.71. The summed E-state index contributed by atoms with van der Waals surface area (Å²) in [6.45, 7) is 0. The highest BCUT2D eigenvalue weighted by molar-refractivity contribution is 7.81. The average Bonchev–Trinajstić information content (AvgIpc) is 2.91. The third kappa shape index (κ3) is 2.81. The van der Waals surface area contributed by atoms with Gasteiger partial charge in [-0.2, -0.15) is 0 Å². The Kier molecular flexibility index (Phi) is 4.18. The molecular formula is C17H16N4O2S. The number of phenols is 1. The van der Waals surface area contributed by atoms with E-state index in [0.29, 0.717) is 17.1 Å². The van der Waals surface area contributed by atoms with Crippen LogP contribution in [0.4, 0.5) is 0 Å². The monoisotopic (exact) mass is 340 g/mol. The Balaban J connectivity index is 2.16. The van der Waals surface area contributed by atoms with E-state index in [1.54, 1.807) is 24.4 Å². The van der Waals surface area contributed by atoms with Gasteiger partial charge in [-0.1, -0.05) is 18.3 Å². The number of aryl methyl sites for hydroxylation is 1. The number of fused-ring (bicyclic) bond motifs is 1. The van der Waals surface area contributed by atoms with Crippen LogP contribution in [0.25, 0.3) is 22.8 Å². The highest BCUT2D eigenvalue weighted by Crippen LogP contribution is 2.29. The van der Waals surface area contributed by atoms with Gasteiger partial charge in [-0.3, -0.25) is 0 Å². The van der Waals surface area contributed by atoms with Gasteiger partial charge in [-0.05, 0) is 35.9 Å². The lowest BCUT2D eigenvalue weighted by atomic mass is 10.1. The number of phenolic OH excluding ortho intramolecular Hbond substituents is 1. The van der Waals surface area contributed by atoms with Crippen molar-refractivity contribution in [3.63, 3.8) is 0 Å². The zero-order chi connectivity index (χ0) is 17.3. The minimum atomic E-state index is 0.0680. The molecule has 3 N–H and O–H groups in total. The Hall–Kier alpha value is -2.93. The maximum atomic E-state index is 9.71. The molecule has 0 radical (unpaired) electrons. The van der Waals surface area contributed by atoms with Crippen molar-refractivity contribution in [1.82, 2.24) is 14.5 Å². The van der Waals surface area contributed by atoms with Crippen LogP contribution in [0.2, 0.25) is 0 Å². The van der Waals surface area contributed by atoms with Gasteiger partial charge in [0.15, 0.2) is 17.1 Å². The van der Waals surface area contributed by atoms with Gasteiger partial charge in [0.2, 0.25) is 0 Å². The lowest BCUT2D eigenvalue weighted by molar-refractivity contribution is 0.373. The highest BCUT2D eigenvalue weighted by atomic mass is 32.1. The molecule has 0 aliphatic carbocycles. The van der Waals surface area contributed by atoms with Crippen molar-refractivity contribution in [2.24, 2.45) is 12.8 Å². The lowest BCUT2D eigenvalue weighted by Gasteiger charge is -2.08. The van der Waals surface area contributed by atoms with Crippen LogP contribution in [-0.4, -0.2) is 31.7 Å². The molecule has 0 atom stereocenters. The molecule has 0 aliphatic rings. The van der Waals surface area contributed by atoms with Crippen molar-refractivity contribution in [2.45, 2.75) is 0 Å². The summed E-state index contributed by atoms with van der Waals surface area (Å²) in [4.78, 5) is 9.12. The van der Waals surface area contributed by atoms with Crippen molar-refractivity contribution >= 4 is 40.0 Å². The number of ether oxygens (including phenoxy) is 1. The second kappa shape index (κ2) is 6.29. The van der Waals surface area contributed by atoms with E-state index >= 15 is 0 Å².